The van der Waals surface area contributed by atoms with Gasteiger partial charge in [0.25, 0.3) is 0 Å². The summed E-state index contributed by atoms with van der Waals surface area (Å²) in [6, 6.07) is 4.40. The van der Waals surface area contributed by atoms with Gasteiger partial charge in [0.05, 0.1) is 11.5 Å². The summed E-state index contributed by atoms with van der Waals surface area (Å²) in [4.78, 5) is 31.2. The Morgan fingerprint density at radius 2 is 2.06 bits per heavy atom. The highest BCUT2D eigenvalue weighted by Gasteiger charge is 2.37. The van der Waals surface area contributed by atoms with E-state index in [1.807, 2.05) is 13.8 Å². The van der Waals surface area contributed by atoms with Gasteiger partial charge in [-0.15, -0.1) is 0 Å². The first kappa shape index (κ1) is 22.3. The van der Waals surface area contributed by atoms with Crippen LogP contribution in [0.2, 0.25) is 0 Å². The number of hydrogen-bond acceptors (Lipinski definition) is 5. The van der Waals surface area contributed by atoms with E-state index in [9.17, 15) is 22.8 Å². The molecule has 2 aliphatic rings. The lowest BCUT2D eigenvalue weighted by Crippen LogP contribution is -2.37. The van der Waals surface area contributed by atoms with Crippen LogP contribution < -0.4 is 5.32 Å². The zero-order valence-electron chi connectivity index (χ0n) is 17.9. The fraction of sp³-hybridized carbons (Fsp3) is 0.545. The molecule has 1 aromatic heterocycles. The predicted octanol–water partition coefficient (Wildman–Crippen LogP) is 3.83. The van der Waals surface area contributed by atoms with Gasteiger partial charge in [-0.1, -0.05) is 31.1 Å². The molecule has 4 rings (SSSR count). The van der Waals surface area contributed by atoms with Crippen molar-refractivity contribution in [3.05, 3.63) is 47.1 Å². The molecule has 10 heteroatoms. The molecule has 0 spiro atoms. The van der Waals surface area contributed by atoms with Gasteiger partial charge in [0, 0.05) is 25.4 Å². The van der Waals surface area contributed by atoms with Crippen LogP contribution in [0.25, 0.3) is 0 Å². The molecule has 2 amide bonds. The van der Waals surface area contributed by atoms with Gasteiger partial charge < -0.3 is 14.7 Å². The highest BCUT2D eigenvalue weighted by molar-refractivity contribution is 5.89. The summed E-state index contributed by atoms with van der Waals surface area (Å²) >= 11 is 0. The molecule has 2 fully saturated rings. The molecule has 172 valence electrons. The summed E-state index contributed by atoms with van der Waals surface area (Å²) in [7, 11) is 0. The number of nitrogens with one attached hydrogen (secondary N) is 1. The maximum atomic E-state index is 13.0. The molecule has 32 heavy (non-hydrogen) atoms. The number of halogens is 3. The van der Waals surface area contributed by atoms with Crippen LogP contribution >= 0.6 is 0 Å². The fourth-order valence-corrected chi connectivity index (χ4v) is 3.83. The van der Waals surface area contributed by atoms with E-state index in [1.54, 1.807) is 0 Å². The van der Waals surface area contributed by atoms with Crippen LogP contribution in [0.4, 0.5) is 13.2 Å². The molecule has 1 aliphatic carbocycles. The van der Waals surface area contributed by atoms with E-state index >= 15 is 0 Å². The molecule has 0 radical (unpaired) electrons. The monoisotopic (exact) mass is 450 g/mol. The van der Waals surface area contributed by atoms with Gasteiger partial charge in [-0.05, 0) is 36.5 Å². The first-order chi connectivity index (χ1) is 15.1. The van der Waals surface area contributed by atoms with E-state index in [1.165, 1.54) is 17.0 Å². The summed E-state index contributed by atoms with van der Waals surface area (Å²) in [6.45, 7) is 4.01. The van der Waals surface area contributed by atoms with Crippen LogP contribution in [0.15, 0.2) is 28.8 Å². The smallest absolute Gasteiger partial charge is 0.344 e. The Balaban J connectivity index is 1.39. The van der Waals surface area contributed by atoms with E-state index in [0.29, 0.717) is 23.2 Å². The Labute approximate surface area is 183 Å². The second-order valence-electron chi connectivity index (χ2n) is 8.87. The van der Waals surface area contributed by atoms with E-state index < -0.39 is 23.7 Å². The number of nitrogens with zero attached hydrogens (tertiary/aromatic N) is 3. The van der Waals surface area contributed by atoms with Gasteiger partial charge in [0.1, 0.15) is 6.04 Å². The molecular formula is C22H25F3N4O3. The van der Waals surface area contributed by atoms with Gasteiger partial charge >= 0.3 is 6.18 Å². The zero-order valence-corrected chi connectivity index (χ0v) is 17.9. The topological polar surface area (TPSA) is 88.3 Å². The molecule has 2 unspecified atom stereocenters. The number of hydrogen-bond donors (Lipinski definition) is 1. The van der Waals surface area contributed by atoms with Crippen LogP contribution in [-0.2, 0) is 22.3 Å². The summed E-state index contributed by atoms with van der Waals surface area (Å²) in [5, 5.41) is 6.92. The van der Waals surface area contributed by atoms with Crippen molar-refractivity contribution in [2.24, 2.45) is 11.8 Å². The minimum Gasteiger partial charge on any atom is -0.344 e. The number of benzene rings is 1. The third-order valence-corrected chi connectivity index (χ3v) is 5.84. The standard InChI is InChI=1S/C22H25F3N4O3/c1-12(2)18(21-27-19(28-32-21)14-6-7-14)26-20(31)15-9-17(30)29(11-15)10-13-4-3-5-16(8-13)22(23,24)25/h3-5,8,12,14-15,18H,6-7,9-11H2,1-2H3,(H,26,31). The van der Waals surface area contributed by atoms with Crippen molar-refractivity contribution in [1.29, 1.82) is 0 Å². The fourth-order valence-electron chi connectivity index (χ4n) is 3.83. The number of rotatable bonds is 7. The Bertz CT molecular complexity index is 1000. The number of carbonyl (C=O) groups is 2. The van der Waals surface area contributed by atoms with Gasteiger partial charge in [-0.25, -0.2) is 0 Å². The Hall–Kier alpha value is -2.91. The first-order valence-corrected chi connectivity index (χ1v) is 10.7. The van der Waals surface area contributed by atoms with Gasteiger partial charge in [-0.3, -0.25) is 9.59 Å². The minimum atomic E-state index is -4.45. The van der Waals surface area contributed by atoms with Gasteiger partial charge in [0.2, 0.25) is 17.7 Å². The van der Waals surface area contributed by atoms with E-state index in [-0.39, 0.29) is 37.2 Å². The van der Waals surface area contributed by atoms with E-state index in [4.69, 9.17) is 4.52 Å². The minimum absolute atomic E-state index is 0.00671. The number of likely N-dealkylation sites (tertiary alicyclic amines) is 1. The Morgan fingerprint density at radius 3 is 2.72 bits per heavy atom. The lowest BCUT2D eigenvalue weighted by molar-refractivity contribution is -0.137. The molecule has 1 saturated heterocycles. The van der Waals surface area contributed by atoms with Crippen molar-refractivity contribution in [2.45, 2.75) is 57.8 Å². The maximum absolute atomic E-state index is 13.0. The molecule has 0 bridgehead atoms. The highest BCUT2D eigenvalue weighted by atomic mass is 19.4. The SMILES string of the molecule is CC(C)C(NC(=O)C1CC(=O)N(Cc2cccc(C(F)(F)F)c2)C1)c1nc(C2CC2)no1. The van der Waals surface area contributed by atoms with Crippen LogP contribution in [0, 0.1) is 11.8 Å². The van der Waals surface area contributed by atoms with Crippen LogP contribution in [0.3, 0.4) is 0 Å². The third kappa shape index (κ3) is 4.94. The van der Waals surface area contributed by atoms with Crippen LogP contribution in [0.5, 0.6) is 0 Å². The second-order valence-corrected chi connectivity index (χ2v) is 8.87. The van der Waals surface area contributed by atoms with Gasteiger partial charge in [0.15, 0.2) is 5.82 Å². The molecule has 2 atom stereocenters. The highest BCUT2D eigenvalue weighted by Crippen LogP contribution is 2.39. The molecule has 1 aliphatic heterocycles. The summed E-state index contributed by atoms with van der Waals surface area (Å²) < 4.78 is 44.2. The zero-order chi connectivity index (χ0) is 23.0. The normalized spacial score (nSPS) is 20.1. The van der Waals surface area contributed by atoms with Crippen molar-refractivity contribution >= 4 is 11.8 Å². The molecule has 1 N–H and O–H groups in total. The Kier molecular flexibility index (Phi) is 5.96. The molecule has 2 aromatic rings. The Morgan fingerprint density at radius 1 is 1.31 bits per heavy atom. The van der Waals surface area contributed by atoms with Crippen molar-refractivity contribution in [2.75, 3.05) is 6.54 Å². The summed E-state index contributed by atoms with van der Waals surface area (Å²) in [5.74, 6) is 0.147. The third-order valence-electron chi connectivity index (χ3n) is 5.84. The number of aromatic nitrogens is 2. The second kappa shape index (κ2) is 8.55. The number of amides is 2. The number of alkyl halides is 3. The van der Waals surface area contributed by atoms with E-state index in [2.05, 4.69) is 15.5 Å². The molecule has 7 nitrogen and oxygen atoms in total. The van der Waals surface area contributed by atoms with Crippen molar-refractivity contribution in [1.82, 2.24) is 20.4 Å². The van der Waals surface area contributed by atoms with E-state index in [0.717, 1.165) is 25.0 Å². The van der Waals surface area contributed by atoms with Crippen molar-refractivity contribution < 1.29 is 27.3 Å². The van der Waals surface area contributed by atoms with Crippen LogP contribution in [-0.4, -0.2) is 33.4 Å². The summed E-state index contributed by atoms with van der Waals surface area (Å²) in [6.07, 6.45) is -2.38. The molecule has 1 saturated carbocycles. The first-order valence-electron chi connectivity index (χ1n) is 10.7. The quantitative estimate of drug-likeness (QED) is 0.693. The lowest BCUT2D eigenvalue weighted by atomic mass is 10.0. The molecule has 2 heterocycles. The van der Waals surface area contributed by atoms with Crippen molar-refractivity contribution in [3.8, 4) is 0 Å². The van der Waals surface area contributed by atoms with Crippen LogP contribution in [0.1, 0.15) is 67.9 Å². The number of carbonyl (C=O) groups excluding carboxylic acids is 2. The predicted molar refractivity (Wildman–Crippen MR) is 107 cm³/mol. The molecular weight excluding hydrogens is 425 g/mol. The average molecular weight is 450 g/mol. The average Bonchev–Trinajstić information content (AvgIpc) is 3.35. The maximum Gasteiger partial charge on any atom is 0.416 e. The lowest BCUT2D eigenvalue weighted by Gasteiger charge is -2.21. The van der Waals surface area contributed by atoms with Crippen molar-refractivity contribution in [3.63, 3.8) is 0 Å². The summed E-state index contributed by atoms with van der Waals surface area (Å²) in [5.41, 5.74) is -0.395. The largest absolute Gasteiger partial charge is 0.416 e. The van der Waals surface area contributed by atoms with Gasteiger partial charge in [-0.2, -0.15) is 18.2 Å². The molecule has 1 aromatic carbocycles.